The Morgan fingerprint density at radius 2 is 1.52 bits per heavy atom. The molecule has 0 aromatic heterocycles. The first-order valence-electron chi connectivity index (χ1n) is 6.75. The van der Waals surface area contributed by atoms with Gasteiger partial charge in [-0.15, -0.1) is 0 Å². The summed E-state index contributed by atoms with van der Waals surface area (Å²) >= 11 is 0. The molecule has 0 spiro atoms. The minimum Gasteiger partial charge on any atom is -0.497 e. The molecule has 1 saturated heterocycles. The molecule has 0 radical (unpaired) electrons. The zero-order valence-electron chi connectivity index (χ0n) is 12.4. The van der Waals surface area contributed by atoms with E-state index in [-0.39, 0.29) is 0 Å². The summed E-state index contributed by atoms with van der Waals surface area (Å²) in [5.41, 5.74) is 1.22. The molecular weight excluding hydrogens is 318 g/mol. The average Bonchev–Trinajstić information content (AvgIpc) is 2.53. The van der Waals surface area contributed by atoms with Crippen LogP contribution in [0.15, 0.2) is 66.4 Å². The van der Waals surface area contributed by atoms with Crippen molar-refractivity contribution in [1.82, 2.24) is 0 Å². The molecule has 0 atom stereocenters. The third kappa shape index (κ3) is 9.30. The Labute approximate surface area is 136 Å². The molecule has 1 heterocycles. The monoisotopic (exact) mass is 337 g/mol. The number of rotatable bonds is 2. The summed E-state index contributed by atoms with van der Waals surface area (Å²) in [6.07, 6.45) is 3.18. The number of ether oxygens (including phenoxy) is 1. The van der Waals surface area contributed by atoms with E-state index in [0.29, 0.717) is 5.75 Å². The molecule has 3 N–H and O–H groups in total. The lowest BCUT2D eigenvalue weighted by atomic mass is 10.1. The number of para-hydroxylation sites is 1. The lowest BCUT2D eigenvalue weighted by Crippen LogP contribution is -2.07. The molecule has 23 heavy (non-hydrogen) atoms. The molecule has 1 aliphatic rings. The highest BCUT2D eigenvalue weighted by Gasteiger charge is 2.08. The molecule has 6 nitrogen and oxygen atoms in total. The molecular formula is C16H19NO5S. The van der Waals surface area contributed by atoms with Crippen LogP contribution in [0.1, 0.15) is 12.0 Å². The minimum absolute atomic E-state index is 0.688. The number of thiol groups is 1. The summed E-state index contributed by atoms with van der Waals surface area (Å²) < 4.78 is 29.4. The van der Waals surface area contributed by atoms with Gasteiger partial charge in [-0.3, -0.25) is 4.55 Å². The Morgan fingerprint density at radius 3 is 1.87 bits per heavy atom. The van der Waals surface area contributed by atoms with Crippen LogP contribution in [0.25, 0.3) is 6.08 Å². The van der Waals surface area contributed by atoms with E-state index in [9.17, 15) is 0 Å². The zero-order chi connectivity index (χ0) is 16.9. The Hall–Kier alpha value is -2.35. The van der Waals surface area contributed by atoms with E-state index in [1.807, 2.05) is 36.4 Å². The first-order valence-corrected chi connectivity index (χ1v) is 7.88. The lowest BCUT2D eigenvalue weighted by molar-refractivity contribution is 0.122. The first-order chi connectivity index (χ1) is 11.1. The van der Waals surface area contributed by atoms with Crippen LogP contribution in [0.4, 0.5) is 0 Å². The highest BCUT2D eigenvalue weighted by Crippen LogP contribution is 2.18. The second-order valence-corrected chi connectivity index (χ2v) is 4.76. The highest BCUT2D eigenvalue weighted by atomic mass is 32.2. The van der Waals surface area contributed by atoms with Crippen LogP contribution in [0, 0.1) is 0 Å². The van der Waals surface area contributed by atoms with Crippen molar-refractivity contribution < 1.29 is 22.5 Å². The van der Waals surface area contributed by atoms with Gasteiger partial charge in [0.1, 0.15) is 5.75 Å². The third-order valence-electron chi connectivity index (χ3n) is 2.64. The predicted octanol–water partition coefficient (Wildman–Crippen LogP) is 2.46. The summed E-state index contributed by atoms with van der Waals surface area (Å²) in [7, 11) is -3.12. The SMILES string of the molecule is C(=C1CCO1)c1ccccc1.NOc1ccccc1.O=[SH](=O)O. The van der Waals surface area contributed by atoms with Gasteiger partial charge in [0.2, 0.25) is 0 Å². The summed E-state index contributed by atoms with van der Waals surface area (Å²) in [4.78, 5) is 4.41. The molecule has 1 aliphatic heterocycles. The van der Waals surface area contributed by atoms with Gasteiger partial charge in [0.05, 0.1) is 12.4 Å². The van der Waals surface area contributed by atoms with E-state index < -0.39 is 11.0 Å². The number of hydrogen-bond acceptors (Lipinski definition) is 5. The third-order valence-corrected chi connectivity index (χ3v) is 2.64. The number of benzene rings is 2. The maximum atomic E-state index is 8.59. The maximum Gasteiger partial charge on any atom is 0.254 e. The van der Waals surface area contributed by atoms with Crippen molar-refractivity contribution in [2.24, 2.45) is 5.90 Å². The van der Waals surface area contributed by atoms with Gasteiger partial charge in [-0.1, -0.05) is 48.5 Å². The van der Waals surface area contributed by atoms with E-state index >= 15 is 0 Å². The van der Waals surface area contributed by atoms with Crippen molar-refractivity contribution in [2.45, 2.75) is 6.42 Å². The van der Waals surface area contributed by atoms with Gasteiger partial charge >= 0.3 is 0 Å². The van der Waals surface area contributed by atoms with Gasteiger partial charge in [0, 0.05) is 6.42 Å². The summed E-state index contributed by atoms with van der Waals surface area (Å²) in [5.74, 6) is 6.64. The van der Waals surface area contributed by atoms with Gasteiger partial charge in [-0.2, -0.15) is 5.90 Å². The molecule has 2 aromatic carbocycles. The van der Waals surface area contributed by atoms with E-state index in [1.165, 1.54) is 5.56 Å². The van der Waals surface area contributed by atoms with Crippen molar-refractivity contribution in [3.8, 4) is 5.75 Å². The van der Waals surface area contributed by atoms with Gasteiger partial charge in [0.15, 0.2) is 0 Å². The predicted molar refractivity (Wildman–Crippen MR) is 89.2 cm³/mol. The van der Waals surface area contributed by atoms with Crippen LogP contribution >= 0.6 is 0 Å². The largest absolute Gasteiger partial charge is 0.497 e. The van der Waals surface area contributed by atoms with Crippen LogP contribution in [0.2, 0.25) is 0 Å². The average molecular weight is 337 g/mol. The Morgan fingerprint density at radius 1 is 1.04 bits per heavy atom. The fourth-order valence-corrected chi connectivity index (χ4v) is 1.57. The molecule has 0 bridgehead atoms. The van der Waals surface area contributed by atoms with Crippen LogP contribution < -0.4 is 10.7 Å². The number of hydrogen-bond donors (Lipinski definition) is 3. The fraction of sp³-hybridized carbons (Fsp3) is 0.125. The molecule has 0 saturated carbocycles. The summed E-state index contributed by atoms with van der Waals surface area (Å²) in [5, 5.41) is 0. The van der Waals surface area contributed by atoms with E-state index in [1.54, 1.807) is 12.1 Å². The molecule has 3 rings (SSSR count). The normalized spacial score (nSPS) is 13.6. The molecule has 1 fully saturated rings. The van der Waals surface area contributed by atoms with Crippen molar-refractivity contribution >= 4 is 17.1 Å². The lowest BCUT2D eigenvalue weighted by Gasteiger charge is -2.18. The van der Waals surface area contributed by atoms with Crippen molar-refractivity contribution in [1.29, 1.82) is 0 Å². The van der Waals surface area contributed by atoms with Crippen molar-refractivity contribution in [2.75, 3.05) is 6.61 Å². The number of nitrogens with two attached hydrogens (primary N) is 1. The molecule has 0 unspecified atom stereocenters. The van der Waals surface area contributed by atoms with Gasteiger partial charge in [-0.05, 0) is 23.8 Å². The van der Waals surface area contributed by atoms with Gasteiger partial charge in [-0.25, -0.2) is 8.42 Å². The molecule has 0 aliphatic carbocycles. The summed E-state index contributed by atoms with van der Waals surface area (Å²) in [6, 6.07) is 19.5. The fourth-order valence-electron chi connectivity index (χ4n) is 1.57. The smallest absolute Gasteiger partial charge is 0.254 e. The maximum absolute atomic E-state index is 8.59. The van der Waals surface area contributed by atoms with Crippen LogP contribution in [0.5, 0.6) is 5.75 Å². The first kappa shape index (κ1) is 18.7. The van der Waals surface area contributed by atoms with E-state index in [2.05, 4.69) is 23.0 Å². The van der Waals surface area contributed by atoms with Gasteiger partial charge < -0.3 is 9.57 Å². The molecule has 7 heteroatoms. The summed E-state index contributed by atoms with van der Waals surface area (Å²) in [6.45, 7) is 0.888. The minimum atomic E-state index is -3.12. The molecule has 124 valence electrons. The van der Waals surface area contributed by atoms with E-state index in [0.717, 1.165) is 18.8 Å². The van der Waals surface area contributed by atoms with Crippen LogP contribution in [0.3, 0.4) is 0 Å². The van der Waals surface area contributed by atoms with Crippen LogP contribution in [-0.2, 0) is 15.7 Å². The van der Waals surface area contributed by atoms with E-state index in [4.69, 9.17) is 23.6 Å². The topological polar surface area (TPSA) is 98.9 Å². The highest BCUT2D eigenvalue weighted by molar-refractivity contribution is 7.66. The van der Waals surface area contributed by atoms with Crippen molar-refractivity contribution in [3.05, 3.63) is 72.0 Å². The zero-order valence-corrected chi connectivity index (χ0v) is 13.3. The standard InChI is InChI=1S/C10H10O.C6H7NO.H2O3S/c1-2-4-9(5-3-1)8-10-6-7-11-10;7-8-6-4-2-1-3-5-6;1-4(2)3/h1-5,8H,6-7H2;1-5H,7H2;4H,(H,1,2,3). The Bertz CT molecular complexity index is 643. The Balaban J connectivity index is 0.000000194. The van der Waals surface area contributed by atoms with Crippen LogP contribution in [-0.4, -0.2) is 19.6 Å². The van der Waals surface area contributed by atoms with Gasteiger partial charge in [0.25, 0.3) is 11.0 Å². The second kappa shape index (κ2) is 11.2. The molecule has 0 amide bonds. The Kier molecular flexibility index (Phi) is 9.14. The molecule has 2 aromatic rings. The second-order valence-electron chi connectivity index (χ2n) is 4.29. The van der Waals surface area contributed by atoms with Crippen molar-refractivity contribution in [3.63, 3.8) is 0 Å². The quantitative estimate of drug-likeness (QED) is 0.442.